The Hall–Kier alpha value is -1.55. The fourth-order valence-corrected chi connectivity index (χ4v) is 2.97. The Morgan fingerprint density at radius 1 is 1.45 bits per heavy atom. The van der Waals surface area contributed by atoms with Gasteiger partial charge in [0.25, 0.3) is 5.91 Å². The summed E-state index contributed by atoms with van der Waals surface area (Å²) in [7, 11) is 1.99. The normalized spacial score (nSPS) is 20.1. The highest BCUT2D eigenvalue weighted by Crippen LogP contribution is 2.35. The van der Waals surface area contributed by atoms with E-state index in [1.807, 2.05) is 19.2 Å². The lowest BCUT2D eigenvalue weighted by molar-refractivity contribution is 0.0957. The molecule has 1 fully saturated rings. The fraction of sp³-hybridized carbons (Fsp3) is 0.562. The molecule has 1 aromatic rings. The number of fused-ring (bicyclic) bond motifs is 1. The van der Waals surface area contributed by atoms with E-state index in [0.29, 0.717) is 30.5 Å². The summed E-state index contributed by atoms with van der Waals surface area (Å²) in [5, 5.41) is 6.25. The topological polar surface area (TPSA) is 50.4 Å². The molecule has 0 spiro atoms. The maximum Gasteiger partial charge on any atom is 0.255 e. The van der Waals surface area contributed by atoms with E-state index in [0.717, 1.165) is 12.3 Å². The number of ether oxygens (including phenoxy) is 1. The number of carbonyl (C=O) groups excluding carboxylic acids is 1. The largest absolute Gasteiger partial charge is 0.491 e. The lowest BCUT2D eigenvalue weighted by Crippen LogP contribution is -2.25. The minimum atomic E-state index is -0.0298. The first-order chi connectivity index (χ1) is 9.78. The predicted octanol–water partition coefficient (Wildman–Crippen LogP) is 2.26. The second-order valence-electron chi connectivity index (χ2n) is 5.73. The Morgan fingerprint density at radius 2 is 2.30 bits per heavy atom. The molecule has 3 rings (SSSR count). The van der Waals surface area contributed by atoms with Crippen molar-refractivity contribution < 1.29 is 9.53 Å². The number of hydrogen-bond donors (Lipinski definition) is 2. The summed E-state index contributed by atoms with van der Waals surface area (Å²) in [5.74, 6) is 1.50. The van der Waals surface area contributed by atoms with Crippen LogP contribution >= 0.6 is 0 Å². The zero-order chi connectivity index (χ0) is 13.9. The smallest absolute Gasteiger partial charge is 0.255 e. The number of amides is 1. The van der Waals surface area contributed by atoms with Crippen molar-refractivity contribution >= 4 is 5.91 Å². The Kier molecular flexibility index (Phi) is 3.92. The standard InChI is InChI=1S/C16H22N2O2/c1-17-14(9-11-3-2-4-11)12-5-6-15-13(10-12)16(19)18-7-8-20-15/h5-6,10-11,14,17H,2-4,7-9H2,1H3,(H,18,19). The zero-order valence-corrected chi connectivity index (χ0v) is 11.9. The molecule has 1 atom stereocenters. The number of benzene rings is 1. The second-order valence-corrected chi connectivity index (χ2v) is 5.73. The average Bonchev–Trinajstić information content (AvgIpc) is 2.60. The summed E-state index contributed by atoms with van der Waals surface area (Å²) in [6, 6.07) is 6.31. The maximum absolute atomic E-state index is 12.0. The van der Waals surface area contributed by atoms with Gasteiger partial charge in [-0.25, -0.2) is 0 Å². The van der Waals surface area contributed by atoms with E-state index in [2.05, 4.69) is 16.7 Å². The molecule has 20 heavy (non-hydrogen) atoms. The quantitative estimate of drug-likeness (QED) is 0.885. The van der Waals surface area contributed by atoms with Crippen LogP contribution in [0.25, 0.3) is 0 Å². The van der Waals surface area contributed by atoms with Crippen molar-refractivity contribution in [3.8, 4) is 5.75 Å². The molecule has 2 aliphatic rings. The number of carbonyl (C=O) groups is 1. The predicted molar refractivity (Wildman–Crippen MR) is 78.0 cm³/mol. The summed E-state index contributed by atoms with van der Waals surface area (Å²) >= 11 is 0. The first-order valence-electron chi connectivity index (χ1n) is 7.50. The molecule has 1 aliphatic carbocycles. The van der Waals surface area contributed by atoms with Gasteiger partial charge in [-0.15, -0.1) is 0 Å². The van der Waals surface area contributed by atoms with Crippen LogP contribution in [0.1, 0.15) is 47.6 Å². The lowest BCUT2D eigenvalue weighted by Gasteiger charge is -2.30. The van der Waals surface area contributed by atoms with Crippen LogP contribution in [0.15, 0.2) is 18.2 Å². The molecular weight excluding hydrogens is 252 g/mol. The summed E-state index contributed by atoms with van der Waals surface area (Å²) in [4.78, 5) is 12.0. The third kappa shape index (κ3) is 2.66. The molecule has 108 valence electrons. The van der Waals surface area contributed by atoms with Crippen LogP contribution in [0.5, 0.6) is 5.75 Å². The Balaban J connectivity index is 1.83. The van der Waals surface area contributed by atoms with E-state index in [1.165, 1.54) is 24.8 Å². The fourth-order valence-electron chi connectivity index (χ4n) is 2.97. The maximum atomic E-state index is 12.0. The van der Waals surface area contributed by atoms with Crippen molar-refractivity contribution in [2.24, 2.45) is 5.92 Å². The second kappa shape index (κ2) is 5.83. The first kappa shape index (κ1) is 13.4. The third-order valence-electron chi connectivity index (χ3n) is 4.44. The summed E-state index contributed by atoms with van der Waals surface area (Å²) in [6.45, 7) is 1.11. The van der Waals surface area contributed by atoms with Crippen LogP contribution in [-0.2, 0) is 0 Å². The SMILES string of the molecule is CNC(CC1CCC1)c1ccc2c(c1)C(=O)NCCO2. The van der Waals surface area contributed by atoms with E-state index in [4.69, 9.17) is 4.74 Å². The zero-order valence-electron chi connectivity index (χ0n) is 11.9. The van der Waals surface area contributed by atoms with Gasteiger partial charge >= 0.3 is 0 Å². The molecule has 0 saturated heterocycles. The Morgan fingerprint density at radius 3 is 3.00 bits per heavy atom. The molecule has 0 aromatic heterocycles. The molecule has 0 radical (unpaired) electrons. The highest BCUT2D eigenvalue weighted by molar-refractivity contribution is 5.97. The molecule has 4 heteroatoms. The van der Waals surface area contributed by atoms with Gasteiger partial charge in [-0.3, -0.25) is 4.79 Å². The number of rotatable bonds is 4. The van der Waals surface area contributed by atoms with E-state index in [1.54, 1.807) is 0 Å². The molecule has 1 amide bonds. The number of nitrogens with one attached hydrogen (secondary N) is 2. The van der Waals surface area contributed by atoms with Crippen LogP contribution in [-0.4, -0.2) is 26.1 Å². The van der Waals surface area contributed by atoms with Gasteiger partial charge in [-0.05, 0) is 37.1 Å². The van der Waals surface area contributed by atoms with Crippen molar-refractivity contribution in [2.45, 2.75) is 31.7 Å². The van der Waals surface area contributed by atoms with Crippen molar-refractivity contribution in [1.29, 1.82) is 0 Å². The van der Waals surface area contributed by atoms with Crippen LogP contribution < -0.4 is 15.4 Å². The Bertz CT molecular complexity index is 497. The van der Waals surface area contributed by atoms with Gasteiger partial charge in [0.15, 0.2) is 0 Å². The van der Waals surface area contributed by atoms with Gasteiger partial charge < -0.3 is 15.4 Å². The molecule has 1 aliphatic heterocycles. The Labute approximate surface area is 119 Å². The minimum absolute atomic E-state index is 0.0298. The monoisotopic (exact) mass is 274 g/mol. The highest BCUT2D eigenvalue weighted by Gasteiger charge is 2.24. The van der Waals surface area contributed by atoms with Gasteiger partial charge in [0.1, 0.15) is 12.4 Å². The molecule has 1 heterocycles. The summed E-state index contributed by atoms with van der Waals surface area (Å²) in [5.41, 5.74) is 1.84. The van der Waals surface area contributed by atoms with Crippen molar-refractivity contribution in [1.82, 2.24) is 10.6 Å². The van der Waals surface area contributed by atoms with Crippen LogP contribution in [0.4, 0.5) is 0 Å². The van der Waals surface area contributed by atoms with E-state index in [-0.39, 0.29) is 5.91 Å². The summed E-state index contributed by atoms with van der Waals surface area (Å²) in [6.07, 6.45) is 5.19. The van der Waals surface area contributed by atoms with Crippen LogP contribution in [0, 0.1) is 5.92 Å². The van der Waals surface area contributed by atoms with Gasteiger partial charge in [0.05, 0.1) is 12.1 Å². The first-order valence-corrected chi connectivity index (χ1v) is 7.50. The molecule has 1 saturated carbocycles. The minimum Gasteiger partial charge on any atom is -0.491 e. The van der Waals surface area contributed by atoms with Gasteiger partial charge in [-0.1, -0.05) is 25.3 Å². The molecule has 0 bridgehead atoms. The van der Waals surface area contributed by atoms with Gasteiger partial charge in [0, 0.05) is 6.04 Å². The van der Waals surface area contributed by atoms with E-state index < -0.39 is 0 Å². The van der Waals surface area contributed by atoms with Crippen LogP contribution in [0.2, 0.25) is 0 Å². The molecule has 1 aromatic carbocycles. The summed E-state index contributed by atoms with van der Waals surface area (Å²) < 4.78 is 5.60. The van der Waals surface area contributed by atoms with Crippen molar-refractivity contribution in [2.75, 3.05) is 20.2 Å². The van der Waals surface area contributed by atoms with Gasteiger partial charge in [0.2, 0.25) is 0 Å². The molecule has 1 unspecified atom stereocenters. The van der Waals surface area contributed by atoms with Crippen molar-refractivity contribution in [3.63, 3.8) is 0 Å². The lowest BCUT2D eigenvalue weighted by atomic mass is 9.79. The van der Waals surface area contributed by atoms with Crippen molar-refractivity contribution in [3.05, 3.63) is 29.3 Å². The average molecular weight is 274 g/mol. The number of hydrogen-bond acceptors (Lipinski definition) is 3. The van der Waals surface area contributed by atoms with Gasteiger partial charge in [-0.2, -0.15) is 0 Å². The third-order valence-corrected chi connectivity index (χ3v) is 4.44. The van der Waals surface area contributed by atoms with Crippen LogP contribution in [0.3, 0.4) is 0 Å². The molecular formula is C16H22N2O2. The van der Waals surface area contributed by atoms with E-state index >= 15 is 0 Å². The molecule has 2 N–H and O–H groups in total. The van der Waals surface area contributed by atoms with E-state index in [9.17, 15) is 4.79 Å². The highest BCUT2D eigenvalue weighted by atomic mass is 16.5. The molecule has 4 nitrogen and oxygen atoms in total.